The molecule has 6 nitrogen and oxygen atoms in total. The van der Waals surface area contributed by atoms with Crippen molar-refractivity contribution in [2.45, 2.75) is 32.4 Å². The molecule has 1 atom stereocenters. The van der Waals surface area contributed by atoms with Gasteiger partial charge in [0.1, 0.15) is 5.69 Å². The summed E-state index contributed by atoms with van der Waals surface area (Å²) in [7, 11) is 0. The van der Waals surface area contributed by atoms with Crippen molar-refractivity contribution in [1.82, 2.24) is 9.97 Å². The summed E-state index contributed by atoms with van der Waals surface area (Å²) in [5.74, 6) is 0.611. The molecule has 0 amide bonds. The third-order valence-corrected chi connectivity index (χ3v) is 3.99. The highest BCUT2D eigenvalue weighted by Gasteiger charge is 2.32. The van der Waals surface area contributed by atoms with Gasteiger partial charge in [-0.1, -0.05) is 26.0 Å². The number of benzene rings is 1. The third-order valence-electron chi connectivity index (χ3n) is 3.99. The second-order valence-corrected chi connectivity index (χ2v) is 6.01. The van der Waals surface area contributed by atoms with Gasteiger partial charge in [-0.2, -0.15) is 13.2 Å². The maximum atomic E-state index is 12.6. The van der Waals surface area contributed by atoms with Crippen molar-refractivity contribution in [3.63, 3.8) is 0 Å². The second-order valence-electron chi connectivity index (χ2n) is 6.01. The van der Waals surface area contributed by atoms with E-state index < -0.39 is 11.9 Å². The van der Waals surface area contributed by atoms with Crippen LogP contribution in [0.3, 0.4) is 0 Å². The molecule has 27 heavy (non-hydrogen) atoms. The van der Waals surface area contributed by atoms with Crippen LogP contribution in [0, 0.1) is 0 Å². The fourth-order valence-electron chi connectivity index (χ4n) is 2.26. The van der Waals surface area contributed by atoms with Gasteiger partial charge in [-0.3, -0.25) is 4.99 Å². The van der Waals surface area contributed by atoms with Crippen molar-refractivity contribution in [3.05, 3.63) is 47.8 Å². The van der Waals surface area contributed by atoms with Crippen molar-refractivity contribution >= 4 is 17.6 Å². The van der Waals surface area contributed by atoms with Crippen LogP contribution in [0.5, 0.6) is 0 Å². The summed E-state index contributed by atoms with van der Waals surface area (Å²) in [6.07, 6.45) is -2.38. The number of aliphatic imine (C=N–C) groups is 1. The predicted molar refractivity (Wildman–Crippen MR) is 101 cm³/mol. The smallest absolute Gasteiger partial charge is 0.370 e. The summed E-state index contributed by atoms with van der Waals surface area (Å²) in [6, 6.07) is 8.75. The van der Waals surface area contributed by atoms with Crippen LogP contribution in [0.15, 0.2) is 41.5 Å². The minimum absolute atomic E-state index is 0.104. The molecule has 1 aromatic carbocycles. The van der Waals surface area contributed by atoms with Crippen molar-refractivity contribution in [2.75, 3.05) is 23.7 Å². The second kappa shape index (κ2) is 9.20. The zero-order valence-corrected chi connectivity index (χ0v) is 15.2. The normalized spacial score (nSPS) is 13.3. The van der Waals surface area contributed by atoms with Crippen molar-refractivity contribution in [3.8, 4) is 0 Å². The van der Waals surface area contributed by atoms with Crippen LogP contribution in [-0.2, 0) is 6.18 Å². The van der Waals surface area contributed by atoms with Crippen LogP contribution in [-0.4, -0.2) is 29.0 Å². The number of alkyl halides is 3. The molecular formula is C18H23F3N6. The van der Waals surface area contributed by atoms with Crippen LogP contribution in [0.2, 0.25) is 0 Å². The largest absolute Gasteiger partial charge is 0.433 e. The van der Waals surface area contributed by atoms with E-state index >= 15 is 0 Å². The summed E-state index contributed by atoms with van der Waals surface area (Å²) in [4.78, 5) is 11.3. The van der Waals surface area contributed by atoms with Gasteiger partial charge in [0.25, 0.3) is 0 Å². The lowest BCUT2D eigenvalue weighted by molar-refractivity contribution is -0.141. The molecular weight excluding hydrogens is 357 g/mol. The van der Waals surface area contributed by atoms with E-state index in [9.17, 15) is 13.2 Å². The zero-order chi connectivity index (χ0) is 19.9. The number of nitrogens with two attached hydrogens (primary N) is 1. The molecule has 146 valence electrons. The molecule has 1 aromatic heterocycles. The maximum Gasteiger partial charge on any atom is 0.433 e. The molecule has 0 spiro atoms. The SMILES string of the molecule is CCC(C)c1ccc(NC(N)=NCCNc2nccc(C(F)(F)F)n2)cc1. The Bertz CT molecular complexity index is 758. The Labute approximate surface area is 156 Å². The van der Waals surface area contributed by atoms with E-state index in [-0.39, 0.29) is 25.0 Å². The summed E-state index contributed by atoms with van der Waals surface area (Å²) in [5.41, 5.74) is 6.90. The summed E-state index contributed by atoms with van der Waals surface area (Å²) in [5, 5.41) is 5.66. The molecule has 0 radical (unpaired) electrons. The number of anilines is 2. The molecule has 9 heteroatoms. The van der Waals surface area contributed by atoms with E-state index in [2.05, 4.69) is 39.4 Å². The average molecular weight is 380 g/mol. The Morgan fingerprint density at radius 2 is 1.93 bits per heavy atom. The monoisotopic (exact) mass is 380 g/mol. The quantitative estimate of drug-likeness (QED) is 0.386. The van der Waals surface area contributed by atoms with Gasteiger partial charge in [-0.15, -0.1) is 0 Å². The number of hydrogen-bond acceptors (Lipinski definition) is 4. The molecule has 0 fully saturated rings. The Hall–Kier alpha value is -2.84. The van der Waals surface area contributed by atoms with E-state index in [1.165, 1.54) is 5.56 Å². The fraction of sp³-hybridized carbons (Fsp3) is 0.389. The molecule has 2 rings (SSSR count). The summed E-state index contributed by atoms with van der Waals surface area (Å²) >= 11 is 0. The molecule has 0 aliphatic rings. The van der Waals surface area contributed by atoms with Gasteiger partial charge >= 0.3 is 6.18 Å². The number of hydrogen-bond donors (Lipinski definition) is 3. The van der Waals surface area contributed by atoms with Gasteiger partial charge in [0.15, 0.2) is 5.96 Å². The van der Waals surface area contributed by atoms with Crippen molar-refractivity contribution in [2.24, 2.45) is 10.7 Å². The van der Waals surface area contributed by atoms with Crippen LogP contribution >= 0.6 is 0 Å². The first-order valence-electron chi connectivity index (χ1n) is 8.60. The van der Waals surface area contributed by atoms with E-state index in [0.717, 1.165) is 24.4 Å². The number of nitrogens with one attached hydrogen (secondary N) is 2. The van der Waals surface area contributed by atoms with Crippen LogP contribution in [0.4, 0.5) is 24.8 Å². The van der Waals surface area contributed by atoms with Gasteiger partial charge in [0.2, 0.25) is 5.95 Å². The van der Waals surface area contributed by atoms with Crippen LogP contribution in [0.25, 0.3) is 0 Å². The first kappa shape index (κ1) is 20.5. The molecule has 2 aromatic rings. The lowest BCUT2D eigenvalue weighted by Crippen LogP contribution is -2.24. The fourth-order valence-corrected chi connectivity index (χ4v) is 2.26. The molecule has 0 saturated carbocycles. The molecule has 1 heterocycles. The number of rotatable bonds is 7. The molecule has 0 bridgehead atoms. The lowest BCUT2D eigenvalue weighted by atomic mass is 9.99. The van der Waals surface area contributed by atoms with Gasteiger partial charge in [-0.25, -0.2) is 9.97 Å². The van der Waals surface area contributed by atoms with Gasteiger partial charge in [0.05, 0.1) is 6.54 Å². The summed E-state index contributed by atoms with van der Waals surface area (Å²) < 4.78 is 37.8. The number of nitrogens with zero attached hydrogens (tertiary/aromatic N) is 3. The Morgan fingerprint density at radius 1 is 1.22 bits per heavy atom. The van der Waals surface area contributed by atoms with Gasteiger partial charge in [-0.05, 0) is 36.1 Å². The topological polar surface area (TPSA) is 88.2 Å². The summed E-state index contributed by atoms with van der Waals surface area (Å²) in [6.45, 7) is 4.80. The Kier molecular flexibility index (Phi) is 6.98. The highest BCUT2D eigenvalue weighted by molar-refractivity contribution is 5.92. The molecule has 0 aliphatic heterocycles. The number of aromatic nitrogens is 2. The first-order chi connectivity index (χ1) is 12.8. The number of halogens is 3. The maximum absolute atomic E-state index is 12.6. The van der Waals surface area contributed by atoms with Crippen LogP contribution in [0.1, 0.15) is 37.4 Å². The highest BCUT2D eigenvalue weighted by Crippen LogP contribution is 2.27. The standard InChI is InChI=1S/C18H23F3N6/c1-3-12(2)13-4-6-14(7-5-13)26-16(22)23-10-11-25-17-24-9-8-15(27-17)18(19,20)21/h4-9,12H,3,10-11H2,1-2H3,(H3,22,23,26)(H,24,25,27). The van der Waals surface area contributed by atoms with Crippen LogP contribution < -0.4 is 16.4 Å². The average Bonchev–Trinajstić information content (AvgIpc) is 2.65. The number of guanidine groups is 1. The molecule has 0 saturated heterocycles. The van der Waals surface area contributed by atoms with Crippen molar-refractivity contribution in [1.29, 1.82) is 0 Å². The molecule has 4 N–H and O–H groups in total. The lowest BCUT2D eigenvalue weighted by Gasteiger charge is -2.11. The van der Waals surface area contributed by atoms with E-state index in [1.54, 1.807) is 0 Å². The van der Waals surface area contributed by atoms with E-state index in [0.29, 0.717) is 5.92 Å². The first-order valence-corrected chi connectivity index (χ1v) is 8.60. The highest BCUT2D eigenvalue weighted by atomic mass is 19.4. The zero-order valence-electron chi connectivity index (χ0n) is 15.2. The Morgan fingerprint density at radius 3 is 2.56 bits per heavy atom. The molecule has 1 unspecified atom stereocenters. The molecule has 0 aliphatic carbocycles. The van der Waals surface area contributed by atoms with Crippen molar-refractivity contribution < 1.29 is 13.2 Å². The minimum Gasteiger partial charge on any atom is -0.370 e. The Balaban J connectivity index is 1.82. The predicted octanol–water partition coefficient (Wildman–Crippen LogP) is 3.85. The van der Waals surface area contributed by atoms with Gasteiger partial charge in [0, 0.05) is 18.4 Å². The van der Waals surface area contributed by atoms with Gasteiger partial charge < -0.3 is 16.4 Å². The minimum atomic E-state index is -4.50. The van der Waals surface area contributed by atoms with E-state index in [1.807, 2.05) is 24.3 Å². The third kappa shape index (κ3) is 6.43. The van der Waals surface area contributed by atoms with E-state index in [4.69, 9.17) is 5.73 Å².